The van der Waals surface area contributed by atoms with Crippen molar-refractivity contribution in [2.24, 2.45) is 0 Å². The Labute approximate surface area is 109 Å². The molecule has 0 unspecified atom stereocenters. The smallest absolute Gasteiger partial charge is 0.208 e. The van der Waals surface area contributed by atoms with Crippen molar-refractivity contribution in [1.82, 2.24) is 0 Å². The highest BCUT2D eigenvalue weighted by Gasteiger charge is 2.22. The molecule has 100 valence electrons. The first kappa shape index (κ1) is 13.5. The van der Waals surface area contributed by atoms with E-state index in [0.29, 0.717) is 6.07 Å². The highest BCUT2D eigenvalue weighted by atomic mass is 32.2. The summed E-state index contributed by atoms with van der Waals surface area (Å²) in [5, 5.41) is 19.2. The summed E-state index contributed by atoms with van der Waals surface area (Å²) in [6, 6.07) is 9.86. The van der Waals surface area contributed by atoms with Crippen molar-refractivity contribution < 1.29 is 18.0 Å². The van der Waals surface area contributed by atoms with Crippen LogP contribution in [0.4, 0.5) is 10.1 Å². The van der Waals surface area contributed by atoms with E-state index in [0.717, 1.165) is 12.1 Å². The van der Waals surface area contributed by atoms with Gasteiger partial charge in [-0.05, 0) is 30.3 Å². The molecule has 0 aliphatic carbocycles. The number of halogens is 1. The molecule has 0 amide bonds. The van der Waals surface area contributed by atoms with E-state index in [9.17, 15) is 18.0 Å². The first-order valence-electron chi connectivity index (χ1n) is 5.19. The average Bonchev–Trinajstić information content (AvgIpc) is 2.39. The monoisotopic (exact) mass is 282 g/mol. The van der Waals surface area contributed by atoms with Crippen LogP contribution in [-0.2, 0) is 9.84 Å². The molecule has 0 saturated carbocycles. The summed E-state index contributed by atoms with van der Waals surface area (Å²) >= 11 is 0. The maximum absolute atomic E-state index is 13.0. The van der Waals surface area contributed by atoms with Gasteiger partial charge < -0.3 is 10.4 Å². The molecule has 0 fully saturated rings. The van der Waals surface area contributed by atoms with Gasteiger partial charge in [-0.1, -0.05) is 18.2 Å². The number of nitrogens with zero attached hydrogens (tertiary/aromatic N) is 1. The fraction of sp³-hybridized carbons (Fsp3) is 0. The highest BCUT2D eigenvalue weighted by molar-refractivity contribution is 7.91. The number of hydrogen-bond donors (Lipinski definition) is 1. The minimum Gasteiger partial charge on any atom is -0.733 e. The van der Waals surface area contributed by atoms with Crippen LogP contribution < -0.4 is 5.23 Å². The van der Waals surface area contributed by atoms with Crippen molar-refractivity contribution in [1.29, 1.82) is 0 Å². The second-order valence-electron chi connectivity index (χ2n) is 3.70. The summed E-state index contributed by atoms with van der Waals surface area (Å²) in [7, 11) is -4.00. The summed E-state index contributed by atoms with van der Waals surface area (Å²) in [4.78, 5) is -0.512. The van der Waals surface area contributed by atoms with Crippen LogP contribution in [0.5, 0.6) is 0 Å². The number of sulfone groups is 1. The third-order valence-electron chi connectivity index (χ3n) is 2.47. The first-order valence-corrected chi connectivity index (χ1v) is 6.67. The fourth-order valence-corrected chi connectivity index (χ4v) is 3.02. The molecule has 19 heavy (non-hydrogen) atoms. The Morgan fingerprint density at radius 3 is 2.32 bits per heavy atom. The molecule has 0 saturated heterocycles. The molecule has 0 aliphatic rings. The van der Waals surface area contributed by atoms with E-state index in [1.165, 1.54) is 24.3 Å². The van der Waals surface area contributed by atoms with Gasteiger partial charge >= 0.3 is 0 Å². The van der Waals surface area contributed by atoms with E-state index in [1.54, 1.807) is 6.07 Å². The van der Waals surface area contributed by atoms with Crippen LogP contribution in [0.15, 0.2) is 58.3 Å². The number of rotatable bonds is 3. The van der Waals surface area contributed by atoms with Crippen molar-refractivity contribution in [3.63, 3.8) is 0 Å². The standard InChI is InChI=1S/C12H9FNO4S/c13-9-6-7-12(11(8-9)14(15)16)19(17,18)10-4-2-1-3-5-10/h1-8,15H/q-1. The van der Waals surface area contributed by atoms with E-state index in [2.05, 4.69) is 0 Å². The normalized spacial score (nSPS) is 11.3. The summed E-state index contributed by atoms with van der Waals surface area (Å²) in [5.41, 5.74) is -0.663. The lowest BCUT2D eigenvalue weighted by Gasteiger charge is -2.24. The molecule has 0 heterocycles. The van der Waals surface area contributed by atoms with Crippen LogP contribution in [0.2, 0.25) is 0 Å². The van der Waals surface area contributed by atoms with Gasteiger partial charge in [0.1, 0.15) is 5.82 Å². The Bertz CT molecular complexity index is 686. The molecule has 0 radical (unpaired) electrons. The largest absolute Gasteiger partial charge is 0.733 e. The molecule has 0 aromatic heterocycles. The minimum absolute atomic E-state index is 0.0512. The molecule has 0 atom stereocenters. The van der Waals surface area contributed by atoms with Crippen LogP contribution in [0.25, 0.3) is 0 Å². The van der Waals surface area contributed by atoms with Gasteiger partial charge in [0.15, 0.2) is 0 Å². The molecular weight excluding hydrogens is 273 g/mol. The van der Waals surface area contributed by atoms with Crippen LogP contribution in [0.1, 0.15) is 0 Å². The van der Waals surface area contributed by atoms with Gasteiger partial charge in [0, 0.05) is 0 Å². The zero-order valence-corrected chi connectivity index (χ0v) is 10.3. The van der Waals surface area contributed by atoms with Crippen molar-refractivity contribution in [2.75, 3.05) is 5.23 Å². The van der Waals surface area contributed by atoms with E-state index < -0.39 is 31.5 Å². The summed E-state index contributed by atoms with van der Waals surface area (Å²) in [6.45, 7) is 0. The Kier molecular flexibility index (Phi) is 3.52. The van der Waals surface area contributed by atoms with Crippen molar-refractivity contribution in [3.8, 4) is 0 Å². The predicted molar refractivity (Wildman–Crippen MR) is 65.9 cm³/mol. The summed E-state index contributed by atoms with van der Waals surface area (Å²) < 4.78 is 37.6. The number of hydrogen-bond acceptors (Lipinski definition) is 5. The molecule has 5 nitrogen and oxygen atoms in total. The van der Waals surface area contributed by atoms with E-state index in [4.69, 9.17) is 5.21 Å². The molecule has 1 N–H and O–H groups in total. The van der Waals surface area contributed by atoms with Crippen LogP contribution in [-0.4, -0.2) is 13.6 Å². The van der Waals surface area contributed by atoms with Gasteiger partial charge in [-0.3, -0.25) is 5.21 Å². The lowest BCUT2D eigenvalue weighted by molar-refractivity contribution is 0.294. The van der Waals surface area contributed by atoms with E-state index in [1.807, 2.05) is 0 Å². The van der Waals surface area contributed by atoms with Crippen LogP contribution in [0.3, 0.4) is 0 Å². The third kappa shape index (κ3) is 2.58. The van der Waals surface area contributed by atoms with Gasteiger partial charge in [0.05, 0.1) is 15.5 Å². The number of anilines is 1. The molecule has 2 rings (SSSR count). The average molecular weight is 282 g/mol. The van der Waals surface area contributed by atoms with Gasteiger partial charge in [-0.2, -0.15) is 0 Å². The van der Waals surface area contributed by atoms with Crippen LogP contribution in [0, 0.1) is 11.0 Å². The van der Waals surface area contributed by atoms with E-state index >= 15 is 0 Å². The van der Waals surface area contributed by atoms with Crippen molar-refractivity contribution >= 4 is 15.5 Å². The summed E-state index contributed by atoms with van der Waals surface area (Å²) in [6.07, 6.45) is 0. The Morgan fingerprint density at radius 1 is 1.11 bits per heavy atom. The number of benzene rings is 2. The van der Waals surface area contributed by atoms with Gasteiger partial charge in [-0.25, -0.2) is 12.8 Å². The lowest BCUT2D eigenvalue weighted by atomic mass is 10.3. The Morgan fingerprint density at radius 2 is 1.74 bits per heavy atom. The fourth-order valence-electron chi connectivity index (χ4n) is 1.59. The predicted octanol–water partition coefficient (Wildman–Crippen LogP) is 2.35. The molecule has 0 aliphatic heterocycles. The topological polar surface area (TPSA) is 80.7 Å². The molecule has 2 aromatic carbocycles. The zero-order valence-electron chi connectivity index (χ0n) is 9.52. The van der Waals surface area contributed by atoms with Crippen LogP contribution >= 0.6 is 0 Å². The van der Waals surface area contributed by atoms with Gasteiger partial charge in [0.25, 0.3) is 0 Å². The summed E-state index contributed by atoms with van der Waals surface area (Å²) in [5.74, 6) is -0.822. The molecule has 0 bridgehead atoms. The lowest BCUT2D eigenvalue weighted by Crippen LogP contribution is -2.13. The first-order chi connectivity index (χ1) is 8.93. The Hall–Kier alpha value is -1.96. The maximum Gasteiger partial charge on any atom is 0.208 e. The zero-order chi connectivity index (χ0) is 14.0. The molecule has 7 heteroatoms. The second kappa shape index (κ2) is 4.96. The SMILES string of the molecule is O=S(=O)(c1ccccc1)c1ccc(F)cc1N([O-])O. The van der Waals surface area contributed by atoms with Gasteiger partial charge in [-0.15, -0.1) is 0 Å². The quantitative estimate of drug-likeness (QED) is 0.690. The van der Waals surface area contributed by atoms with Crippen molar-refractivity contribution in [2.45, 2.75) is 9.79 Å². The third-order valence-corrected chi connectivity index (χ3v) is 4.29. The Balaban J connectivity index is 2.65. The second-order valence-corrected chi connectivity index (χ2v) is 5.62. The molecular formula is C12H9FNO4S-. The molecule has 2 aromatic rings. The van der Waals surface area contributed by atoms with Crippen molar-refractivity contribution in [3.05, 3.63) is 59.6 Å². The van der Waals surface area contributed by atoms with Gasteiger partial charge in [0.2, 0.25) is 9.84 Å². The highest BCUT2D eigenvalue weighted by Crippen LogP contribution is 2.29. The molecule has 0 spiro atoms. The van der Waals surface area contributed by atoms with E-state index in [-0.39, 0.29) is 4.90 Å². The minimum atomic E-state index is -4.00. The maximum atomic E-state index is 13.0.